The Morgan fingerprint density at radius 2 is 2.18 bits per heavy atom. The third kappa shape index (κ3) is 2.24. The second-order valence-electron chi connectivity index (χ2n) is 3.60. The fraction of sp³-hybridized carbons (Fsp3) is 0.300. The summed E-state index contributed by atoms with van der Waals surface area (Å²) in [5.41, 5.74) is 0.847. The summed E-state index contributed by atoms with van der Waals surface area (Å²) in [7, 11) is 0. The number of hydrogen-bond donors (Lipinski definition) is 3. The minimum Gasteiger partial charge on any atom is -0.481 e. The molecule has 0 amide bonds. The van der Waals surface area contributed by atoms with Crippen molar-refractivity contribution in [3.05, 3.63) is 30.5 Å². The molecule has 0 saturated heterocycles. The summed E-state index contributed by atoms with van der Waals surface area (Å²) in [6, 6.07) is 0. The molecule has 0 saturated carbocycles. The molecule has 0 bridgehead atoms. The number of imidazole rings is 1. The topological polar surface area (TPSA) is 108 Å². The molecule has 0 aliphatic heterocycles. The average molecular weight is 237 g/mol. The van der Waals surface area contributed by atoms with Crippen molar-refractivity contribution in [1.82, 2.24) is 14.4 Å². The summed E-state index contributed by atoms with van der Waals surface area (Å²) < 4.78 is 1.54. The van der Waals surface area contributed by atoms with Crippen LogP contribution in [0.2, 0.25) is 0 Å². The first-order chi connectivity index (χ1) is 8.09. The number of fused-ring (bicyclic) bond motifs is 1. The van der Waals surface area contributed by atoms with Crippen molar-refractivity contribution in [2.45, 2.75) is 18.6 Å². The number of rotatable bonds is 4. The van der Waals surface area contributed by atoms with Gasteiger partial charge in [-0.3, -0.25) is 14.2 Å². The molecule has 2 rings (SSSR count). The summed E-state index contributed by atoms with van der Waals surface area (Å²) in [5, 5.41) is 27.9. The predicted molar refractivity (Wildman–Crippen MR) is 56.2 cm³/mol. The minimum absolute atomic E-state index is 0.330. The highest BCUT2D eigenvalue weighted by Crippen LogP contribution is 2.19. The van der Waals surface area contributed by atoms with Gasteiger partial charge in [0.05, 0.1) is 30.6 Å². The third-order valence-electron chi connectivity index (χ3n) is 2.40. The van der Waals surface area contributed by atoms with Crippen LogP contribution in [0.4, 0.5) is 0 Å². The Morgan fingerprint density at radius 1 is 1.41 bits per heavy atom. The molecule has 0 aliphatic rings. The van der Waals surface area contributed by atoms with Crippen LogP contribution in [0, 0.1) is 0 Å². The van der Waals surface area contributed by atoms with Gasteiger partial charge in [-0.2, -0.15) is 0 Å². The number of carboxylic acids is 1. The molecule has 0 fully saturated rings. The maximum Gasteiger partial charge on any atom is 0.306 e. The standard InChI is InChI=1S/C10H11N3O4/c14-7(3-9(15)16)10(17)6-4-12-8-5-11-1-2-13(6)8/h1-2,4-5,7,10,14,17H,3H2,(H,15,16). The SMILES string of the molecule is O=C(O)CC(O)C(O)c1cnc2cnccn12. The smallest absolute Gasteiger partial charge is 0.306 e. The molecule has 17 heavy (non-hydrogen) atoms. The molecule has 0 radical (unpaired) electrons. The van der Waals surface area contributed by atoms with Crippen LogP contribution >= 0.6 is 0 Å². The molecular weight excluding hydrogens is 226 g/mol. The summed E-state index contributed by atoms with van der Waals surface area (Å²) in [5.74, 6) is -1.17. The van der Waals surface area contributed by atoms with Crippen LogP contribution in [-0.2, 0) is 4.79 Å². The maximum atomic E-state index is 10.4. The van der Waals surface area contributed by atoms with Crippen LogP contribution in [0.3, 0.4) is 0 Å². The lowest BCUT2D eigenvalue weighted by atomic mass is 10.1. The van der Waals surface area contributed by atoms with Crippen LogP contribution < -0.4 is 0 Å². The molecule has 2 aromatic heterocycles. The zero-order valence-electron chi connectivity index (χ0n) is 8.76. The van der Waals surface area contributed by atoms with Crippen molar-refractivity contribution >= 4 is 11.6 Å². The Kier molecular flexibility index (Phi) is 3.03. The monoisotopic (exact) mass is 237 g/mol. The van der Waals surface area contributed by atoms with Crippen molar-refractivity contribution in [1.29, 1.82) is 0 Å². The average Bonchev–Trinajstić information content (AvgIpc) is 2.70. The van der Waals surface area contributed by atoms with E-state index in [-0.39, 0.29) is 0 Å². The van der Waals surface area contributed by atoms with Gasteiger partial charge in [0.2, 0.25) is 0 Å². The number of hydrogen-bond acceptors (Lipinski definition) is 5. The van der Waals surface area contributed by atoms with Gasteiger partial charge < -0.3 is 15.3 Å². The van der Waals surface area contributed by atoms with E-state index in [1.807, 2.05) is 0 Å². The highest BCUT2D eigenvalue weighted by atomic mass is 16.4. The largest absolute Gasteiger partial charge is 0.481 e. The summed E-state index contributed by atoms with van der Waals surface area (Å²) in [6.07, 6.45) is 2.76. The lowest BCUT2D eigenvalue weighted by Gasteiger charge is -2.15. The highest BCUT2D eigenvalue weighted by Gasteiger charge is 2.23. The lowest BCUT2D eigenvalue weighted by Crippen LogP contribution is -2.22. The van der Waals surface area contributed by atoms with Crippen molar-refractivity contribution in [2.24, 2.45) is 0 Å². The van der Waals surface area contributed by atoms with E-state index < -0.39 is 24.6 Å². The van der Waals surface area contributed by atoms with E-state index >= 15 is 0 Å². The number of aliphatic hydroxyl groups is 2. The second-order valence-corrected chi connectivity index (χ2v) is 3.60. The van der Waals surface area contributed by atoms with E-state index in [1.165, 1.54) is 18.6 Å². The van der Waals surface area contributed by atoms with E-state index in [2.05, 4.69) is 9.97 Å². The Bertz CT molecular complexity index is 539. The first-order valence-electron chi connectivity index (χ1n) is 4.94. The molecule has 3 N–H and O–H groups in total. The Morgan fingerprint density at radius 3 is 2.88 bits per heavy atom. The van der Waals surface area contributed by atoms with Crippen molar-refractivity contribution in [2.75, 3.05) is 0 Å². The van der Waals surface area contributed by atoms with E-state index in [4.69, 9.17) is 5.11 Å². The molecule has 2 aromatic rings. The fourth-order valence-corrected chi connectivity index (χ4v) is 1.57. The zero-order valence-corrected chi connectivity index (χ0v) is 8.76. The van der Waals surface area contributed by atoms with Gasteiger partial charge in [0.25, 0.3) is 0 Å². The third-order valence-corrected chi connectivity index (χ3v) is 2.40. The van der Waals surface area contributed by atoms with E-state index in [0.29, 0.717) is 11.3 Å². The molecular formula is C10H11N3O4. The maximum absolute atomic E-state index is 10.4. The van der Waals surface area contributed by atoms with Gasteiger partial charge in [-0.05, 0) is 0 Å². The van der Waals surface area contributed by atoms with Gasteiger partial charge in [0.1, 0.15) is 6.10 Å². The molecule has 2 heterocycles. The van der Waals surface area contributed by atoms with Crippen molar-refractivity contribution in [3.8, 4) is 0 Å². The number of nitrogens with zero attached hydrogens (tertiary/aromatic N) is 3. The number of carboxylic acid groups (broad SMARTS) is 1. The Balaban J connectivity index is 2.30. The van der Waals surface area contributed by atoms with Crippen LogP contribution in [0.5, 0.6) is 0 Å². The lowest BCUT2D eigenvalue weighted by molar-refractivity contribution is -0.141. The molecule has 0 spiro atoms. The molecule has 0 aliphatic carbocycles. The van der Waals surface area contributed by atoms with Gasteiger partial charge in [0, 0.05) is 12.4 Å². The quantitative estimate of drug-likeness (QED) is 0.667. The van der Waals surface area contributed by atoms with Gasteiger partial charge in [0.15, 0.2) is 5.65 Å². The molecule has 2 atom stereocenters. The summed E-state index contributed by atoms with van der Waals surface area (Å²) >= 11 is 0. The van der Waals surface area contributed by atoms with E-state index in [1.54, 1.807) is 10.6 Å². The number of aliphatic carboxylic acids is 1. The molecule has 7 nitrogen and oxygen atoms in total. The number of carbonyl (C=O) groups is 1. The Hall–Kier alpha value is -1.99. The van der Waals surface area contributed by atoms with Crippen LogP contribution in [0.15, 0.2) is 24.8 Å². The Labute approximate surface area is 96.0 Å². The molecule has 2 unspecified atom stereocenters. The van der Waals surface area contributed by atoms with Crippen molar-refractivity contribution < 1.29 is 20.1 Å². The zero-order chi connectivity index (χ0) is 12.4. The van der Waals surface area contributed by atoms with Gasteiger partial charge in [-0.15, -0.1) is 0 Å². The van der Waals surface area contributed by atoms with Gasteiger partial charge in [-0.25, -0.2) is 4.98 Å². The fourth-order valence-electron chi connectivity index (χ4n) is 1.57. The van der Waals surface area contributed by atoms with Crippen molar-refractivity contribution in [3.63, 3.8) is 0 Å². The van der Waals surface area contributed by atoms with Crippen LogP contribution in [0.1, 0.15) is 18.2 Å². The normalized spacial score (nSPS) is 14.7. The minimum atomic E-state index is -1.37. The van der Waals surface area contributed by atoms with Crippen LogP contribution in [-0.4, -0.2) is 41.8 Å². The molecule has 90 valence electrons. The first-order valence-corrected chi connectivity index (χ1v) is 4.94. The highest BCUT2D eigenvalue weighted by molar-refractivity contribution is 5.67. The summed E-state index contributed by atoms with van der Waals surface area (Å²) in [6.45, 7) is 0. The molecule has 0 aromatic carbocycles. The van der Waals surface area contributed by atoms with E-state index in [0.717, 1.165) is 0 Å². The first kappa shape index (κ1) is 11.5. The van der Waals surface area contributed by atoms with Crippen LogP contribution in [0.25, 0.3) is 5.65 Å². The second kappa shape index (κ2) is 4.48. The number of aromatic nitrogens is 3. The summed E-state index contributed by atoms with van der Waals surface area (Å²) in [4.78, 5) is 18.3. The van der Waals surface area contributed by atoms with E-state index in [9.17, 15) is 15.0 Å². The van der Waals surface area contributed by atoms with Gasteiger partial charge >= 0.3 is 5.97 Å². The predicted octanol–water partition coefficient (Wildman–Crippen LogP) is -0.402. The van der Waals surface area contributed by atoms with Gasteiger partial charge in [-0.1, -0.05) is 0 Å². The molecule has 7 heteroatoms. The number of aliphatic hydroxyl groups excluding tert-OH is 2.